The summed E-state index contributed by atoms with van der Waals surface area (Å²) in [5.41, 5.74) is 1.23. The molecular formula is C21H27ClN2O4S. The number of hydrogen-bond acceptors (Lipinski definition) is 4. The Morgan fingerprint density at radius 1 is 1.21 bits per heavy atom. The quantitative estimate of drug-likeness (QED) is 0.637. The van der Waals surface area contributed by atoms with E-state index in [1.165, 1.54) is 25.3 Å². The second kappa shape index (κ2) is 9.98. The van der Waals surface area contributed by atoms with Crippen LogP contribution < -0.4 is 14.4 Å². The number of nitrogens with one attached hydrogen (secondary N) is 1. The number of sulfonamides is 1. The lowest BCUT2D eigenvalue weighted by Gasteiger charge is -2.25. The van der Waals surface area contributed by atoms with Gasteiger partial charge in [0.05, 0.1) is 22.7 Å². The predicted molar refractivity (Wildman–Crippen MR) is 116 cm³/mol. The summed E-state index contributed by atoms with van der Waals surface area (Å²) in [6.45, 7) is 5.44. The van der Waals surface area contributed by atoms with Gasteiger partial charge in [0, 0.05) is 6.04 Å². The number of hydrogen-bond donors (Lipinski definition) is 1. The summed E-state index contributed by atoms with van der Waals surface area (Å²) >= 11 is 6.21. The maximum Gasteiger partial charge on any atom is 0.264 e. The van der Waals surface area contributed by atoms with Crippen LogP contribution in [0.1, 0.15) is 32.3 Å². The first-order valence-corrected chi connectivity index (χ1v) is 11.2. The van der Waals surface area contributed by atoms with Crippen molar-refractivity contribution in [1.82, 2.24) is 5.32 Å². The van der Waals surface area contributed by atoms with Gasteiger partial charge < -0.3 is 10.1 Å². The standard InChI is InChI=1S/C21H27ClN2O4S/c1-5-6-16(3)23-21(25)14-24(17-9-12-20(28-4)19(22)13-17)29(26,27)18-10-7-15(2)8-11-18/h7-13,16H,5-6,14H2,1-4H3,(H,23,25)/t16-/m1/s1. The van der Waals surface area contributed by atoms with Crippen molar-refractivity contribution >= 4 is 33.2 Å². The molecule has 0 fully saturated rings. The van der Waals surface area contributed by atoms with E-state index in [1.54, 1.807) is 24.3 Å². The van der Waals surface area contributed by atoms with E-state index in [9.17, 15) is 13.2 Å². The lowest BCUT2D eigenvalue weighted by Crippen LogP contribution is -2.43. The third-order valence-electron chi connectivity index (χ3n) is 4.45. The Hall–Kier alpha value is -2.25. The summed E-state index contributed by atoms with van der Waals surface area (Å²) in [6, 6.07) is 11.1. The molecule has 0 unspecified atom stereocenters. The fourth-order valence-corrected chi connectivity index (χ4v) is 4.58. The molecule has 0 radical (unpaired) electrons. The first-order valence-electron chi connectivity index (χ1n) is 9.41. The van der Waals surface area contributed by atoms with Gasteiger partial charge in [0.25, 0.3) is 10.0 Å². The number of carbonyl (C=O) groups excluding carboxylic acids is 1. The van der Waals surface area contributed by atoms with Crippen LogP contribution >= 0.6 is 11.6 Å². The van der Waals surface area contributed by atoms with Crippen LogP contribution in [0.3, 0.4) is 0 Å². The van der Waals surface area contributed by atoms with Crippen LogP contribution in [0.15, 0.2) is 47.4 Å². The van der Waals surface area contributed by atoms with Crippen molar-refractivity contribution in [2.75, 3.05) is 18.0 Å². The van der Waals surface area contributed by atoms with Gasteiger partial charge in [-0.2, -0.15) is 0 Å². The van der Waals surface area contributed by atoms with E-state index in [-0.39, 0.29) is 34.1 Å². The van der Waals surface area contributed by atoms with Gasteiger partial charge in [-0.1, -0.05) is 42.6 Å². The SMILES string of the molecule is CCC[C@@H](C)NC(=O)CN(c1ccc(OC)c(Cl)c1)S(=O)(=O)c1ccc(C)cc1. The average Bonchev–Trinajstić information content (AvgIpc) is 2.66. The van der Waals surface area contributed by atoms with E-state index in [0.717, 1.165) is 22.7 Å². The monoisotopic (exact) mass is 438 g/mol. The number of halogens is 1. The first-order chi connectivity index (χ1) is 13.7. The van der Waals surface area contributed by atoms with Gasteiger partial charge in [0.1, 0.15) is 12.3 Å². The van der Waals surface area contributed by atoms with Gasteiger partial charge in [0.2, 0.25) is 5.91 Å². The van der Waals surface area contributed by atoms with E-state index in [0.29, 0.717) is 5.75 Å². The number of methoxy groups -OCH3 is 1. The number of amides is 1. The molecule has 0 saturated heterocycles. The lowest BCUT2D eigenvalue weighted by atomic mass is 10.2. The Kier molecular flexibility index (Phi) is 7.93. The number of benzene rings is 2. The molecule has 0 heterocycles. The minimum Gasteiger partial charge on any atom is -0.495 e. The Morgan fingerprint density at radius 2 is 1.86 bits per heavy atom. The molecule has 0 aromatic heterocycles. The number of carbonyl (C=O) groups is 1. The lowest BCUT2D eigenvalue weighted by molar-refractivity contribution is -0.120. The molecule has 1 atom stereocenters. The third kappa shape index (κ3) is 5.87. The van der Waals surface area contributed by atoms with Crippen LogP contribution in [0, 0.1) is 6.92 Å². The molecule has 1 amide bonds. The van der Waals surface area contributed by atoms with Gasteiger partial charge in [0.15, 0.2) is 0 Å². The van der Waals surface area contributed by atoms with Crippen molar-refractivity contribution in [3.63, 3.8) is 0 Å². The van der Waals surface area contributed by atoms with Gasteiger partial charge >= 0.3 is 0 Å². The zero-order valence-electron chi connectivity index (χ0n) is 17.1. The van der Waals surface area contributed by atoms with Crippen LogP contribution in [-0.2, 0) is 14.8 Å². The smallest absolute Gasteiger partial charge is 0.264 e. The molecular weight excluding hydrogens is 412 g/mol. The molecule has 0 bridgehead atoms. The highest BCUT2D eigenvalue weighted by atomic mass is 35.5. The number of ether oxygens (including phenoxy) is 1. The maximum atomic E-state index is 13.3. The molecule has 1 N–H and O–H groups in total. The molecule has 0 aliphatic heterocycles. The fraction of sp³-hybridized carbons (Fsp3) is 0.381. The van der Waals surface area contributed by atoms with E-state index in [2.05, 4.69) is 5.32 Å². The highest BCUT2D eigenvalue weighted by molar-refractivity contribution is 7.92. The number of nitrogens with zero attached hydrogens (tertiary/aromatic N) is 1. The van der Waals surface area contributed by atoms with Gasteiger partial charge in [-0.15, -0.1) is 0 Å². The molecule has 0 saturated carbocycles. The van der Waals surface area contributed by atoms with Crippen molar-refractivity contribution < 1.29 is 17.9 Å². The minimum absolute atomic E-state index is 0.0455. The van der Waals surface area contributed by atoms with E-state index in [4.69, 9.17) is 16.3 Å². The second-order valence-electron chi connectivity index (χ2n) is 6.90. The summed E-state index contributed by atoms with van der Waals surface area (Å²) in [6.07, 6.45) is 1.73. The molecule has 0 spiro atoms. The number of aryl methyl sites for hydroxylation is 1. The zero-order chi connectivity index (χ0) is 21.6. The normalized spacial score (nSPS) is 12.3. The summed E-state index contributed by atoms with van der Waals surface area (Å²) in [4.78, 5) is 12.7. The van der Waals surface area contributed by atoms with Crippen molar-refractivity contribution in [3.8, 4) is 5.75 Å². The number of rotatable bonds is 9. The highest BCUT2D eigenvalue weighted by Gasteiger charge is 2.28. The van der Waals surface area contributed by atoms with Crippen molar-refractivity contribution in [2.45, 2.75) is 44.6 Å². The van der Waals surface area contributed by atoms with E-state index >= 15 is 0 Å². The van der Waals surface area contributed by atoms with Crippen molar-refractivity contribution in [1.29, 1.82) is 0 Å². The van der Waals surface area contributed by atoms with E-state index in [1.807, 2.05) is 20.8 Å². The van der Waals surface area contributed by atoms with E-state index < -0.39 is 10.0 Å². The highest BCUT2D eigenvalue weighted by Crippen LogP contribution is 2.32. The van der Waals surface area contributed by atoms with Crippen LogP contribution in [0.2, 0.25) is 5.02 Å². The molecule has 0 aliphatic carbocycles. The molecule has 2 aromatic rings. The Bertz CT molecular complexity index is 946. The molecule has 158 valence electrons. The van der Waals surface area contributed by atoms with Crippen LogP contribution in [-0.4, -0.2) is 34.0 Å². The third-order valence-corrected chi connectivity index (χ3v) is 6.53. The maximum absolute atomic E-state index is 13.3. The molecule has 6 nitrogen and oxygen atoms in total. The predicted octanol–water partition coefficient (Wildman–Crippen LogP) is 4.16. The van der Waals surface area contributed by atoms with Crippen LogP contribution in [0.4, 0.5) is 5.69 Å². The molecule has 8 heteroatoms. The van der Waals surface area contributed by atoms with Gasteiger partial charge in [-0.3, -0.25) is 9.10 Å². The molecule has 29 heavy (non-hydrogen) atoms. The van der Waals surface area contributed by atoms with Crippen molar-refractivity contribution in [3.05, 3.63) is 53.1 Å². The average molecular weight is 439 g/mol. The van der Waals surface area contributed by atoms with Crippen molar-refractivity contribution in [2.24, 2.45) is 0 Å². The Morgan fingerprint density at radius 3 is 2.41 bits per heavy atom. The zero-order valence-corrected chi connectivity index (χ0v) is 18.7. The first kappa shape index (κ1) is 23.0. The summed E-state index contributed by atoms with van der Waals surface area (Å²) < 4.78 is 32.9. The Labute approximate surface area is 177 Å². The summed E-state index contributed by atoms with van der Waals surface area (Å²) in [5.74, 6) is 0.0395. The second-order valence-corrected chi connectivity index (χ2v) is 9.17. The molecule has 2 aromatic carbocycles. The van der Waals surface area contributed by atoms with Crippen LogP contribution in [0.5, 0.6) is 5.75 Å². The summed E-state index contributed by atoms with van der Waals surface area (Å²) in [5, 5.41) is 3.11. The van der Waals surface area contributed by atoms with Crippen LogP contribution in [0.25, 0.3) is 0 Å². The topological polar surface area (TPSA) is 75.7 Å². The minimum atomic E-state index is -3.98. The van der Waals surface area contributed by atoms with Gasteiger partial charge in [-0.25, -0.2) is 8.42 Å². The summed E-state index contributed by atoms with van der Waals surface area (Å²) in [7, 11) is -2.50. The largest absolute Gasteiger partial charge is 0.495 e. The molecule has 2 rings (SSSR count). The number of anilines is 1. The van der Waals surface area contributed by atoms with Gasteiger partial charge in [-0.05, 0) is 50.6 Å². The Balaban J connectivity index is 2.43. The fourth-order valence-electron chi connectivity index (χ4n) is 2.92. The molecule has 0 aliphatic rings.